The van der Waals surface area contributed by atoms with E-state index < -0.39 is 11.5 Å². The van der Waals surface area contributed by atoms with Crippen LogP contribution in [0, 0.1) is 0 Å². The molecule has 0 spiro atoms. The molecule has 3 unspecified atom stereocenters. The molecular weight excluding hydrogens is 266 g/mol. The topological polar surface area (TPSA) is 55.8 Å². The average molecular weight is 297 g/mol. The van der Waals surface area contributed by atoms with Crippen molar-refractivity contribution in [1.29, 1.82) is 0 Å². The maximum Gasteiger partial charge on any atom is 0.323 e. The van der Waals surface area contributed by atoms with Crippen LogP contribution in [-0.4, -0.2) is 71.7 Å². The molecule has 2 rings (SSSR count). The number of carboxylic acid groups (broad SMARTS) is 1. The molecule has 5 nitrogen and oxygen atoms in total. The molecule has 0 amide bonds. The second-order valence-electron chi connectivity index (χ2n) is 6.71. The lowest BCUT2D eigenvalue weighted by molar-refractivity contribution is -0.147. The minimum atomic E-state index is -0.706. The Morgan fingerprint density at radius 3 is 2.76 bits per heavy atom. The molecule has 1 saturated carbocycles. The van der Waals surface area contributed by atoms with E-state index in [2.05, 4.69) is 29.1 Å². The lowest BCUT2D eigenvalue weighted by Gasteiger charge is -2.47. The van der Waals surface area contributed by atoms with Crippen LogP contribution in [0.5, 0.6) is 0 Å². The van der Waals surface area contributed by atoms with E-state index in [-0.39, 0.29) is 0 Å². The molecule has 1 aliphatic carbocycles. The van der Waals surface area contributed by atoms with E-state index in [4.69, 9.17) is 0 Å². The Balaban J connectivity index is 2.05. The fourth-order valence-corrected chi connectivity index (χ4v) is 4.07. The largest absolute Gasteiger partial charge is 0.480 e. The van der Waals surface area contributed by atoms with E-state index in [0.717, 1.165) is 58.3 Å². The summed E-state index contributed by atoms with van der Waals surface area (Å²) in [5, 5.41) is 13.0. The molecule has 1 heterocycles. The van der Waals surface area contributed by atoms with E-state index in [9.17, 15) is 9.90 Å². The lowest BCUT2D eigenvalue weighted by atomic mass is 9.78. The predicted octanol–water partition coefficient (Wildman–Crippen LogP) is 1.39. The fourth-order valence-electron chi connectivity index (χ4n) is 4.07. The molecule has 2 fully saturated rings. The molecule has 1 saturated heterocycles. The lowest BCUT2D eigenvalue weighted by Crippen LogP contribution is -2.61. The summed E-state index contributed by atoms with van der Waals surface area (Å²) in [7, 11) is 2.20. The van der Waals surface area contributed by atoms with E-state index in [1.54, 1.807) is 0 Å². The van der Waals surface area contributed by atoms with Gasteiger partial charge in [0.2, 0.25) is 0 Å². The molecule has 0 aromatic heterocycles. The highest BCUT2D eigenvalue weighted by Gasteiger charge is 2.44. The third-order valence-electron chi connectivity index (χ3n) is 5.45. The summed E-state index contributed by atoms with van der Waals surface area (Å²) >= 11 is 0. The van der Waals surface area contributed by atoms with Crippen LogP contribution in [0.1, 0.15) is 46.0 Å². The number of carbonyl (C=O) groups is 1. The Kier molecular flexibility index (Phi) is 5.63. The van der Waals surface area contributed by atoms with Gasteiger partial charge in [0.05, 0.1) is 0 Å². The quantitative estimate of drug-likeness (QED) is 0.803. The van der Waals surface area contributed by atoms with Crippen LogP contribution in [0.3, 0.4) is 0 Å². The number of hydrogen-bond donors (Lipinski definition) is 2. The molecule has 0 aromatic carbocycles. The molecule has 2 aliphatic rings. The zero-order valence-electron chi connectivity index (χ0n) is 13.8. The average Bonchev–Trinajstić information content (AvgIpc) is 2.48. The Bertz CT molecular complexity index is 359. The van der Waals surface area contributed by atoms with E-state index in [0.29, 0.717) is 12.1 Å². The van der Waals surface area contributed by atoms with Crippen molar-refractivity contribution in [3.8, 4) is 0 Å². The van der Waals surface area contributed by atoms with Gasteiger partial charge in [-0.1, -0.05) is 13.8 Å². The van der Waals surface area contributed by atoms with Crippen molar-refractivity contribution in [1.82, 2.24) is 15.1 Å². The minimum Gasteiger partial charge on any atom is -0.480 e. The summed E-state index contributed by atoms with van der Waals surface area (Å²) in [4.78, 5) is 16.8. The predicted molar refractivity (Wildman–Crippen MR) is 84.6 cm³/mol. The first-order chi connectivity index (χ1) is 10.0. The number of rotatable bonds is 5. The normalized spacial score (nSPS) is 35.8. The van der Waals surface area contributed by atoms with E-state index in [1.165, 1.54) is 0 Å². The molecule has 1 aliphatic heterocycles. The van der Waals surface area contributed by atoms with Crippen molar-refractivity contribution in [3.05, 3.63) is 0 Å². The SMILES string of the molecule is CCNC1(C(=O)O)CCCC(N2CCN(C)C(CC)C2)C1. The number of hydrogen-bond acceptors (Lipinski definition) is 4. The van der Waals surface area contributed by atoms with Gasteiger partial charge < -0.3 is 15.3 Å². The van der Waals surface area contributed by atoms with Crippen LogP contribution in [0.15, 0.2) is 0 Å². The van der Waals surface area contributed by atoms with Crippen molar-refractivity contribution < 1.29 is 9.90 Å². The molecule has 5 heteroatoms. The molecule has 0 radical (unpaired) electrons. The molecule has 0 aromatic rings. The smallest absolute Gasteiger partial charge is 0.323 e. The maximum atomic E-state index is 11.8. The zero-order chi connectivity index (χ0) is 15.5. The van der Waals surface area contributed by atoms with Crippen LogP contribution in [0.2, 0.25) is 0 Å². The van der Waals surface area contributed by atoms with Crippen LogP contribution in [0.25, 0.3) is 0 Å². The highest BCUT2D eigenvalue weighted by atomic mass is 16.4. The van der Waals surface area contributed by atoms with Gasteiger partial charge >= 0.3 is 5.97 Å². The molecule has 0 bridgehead atoms. The summed E-state index contributed by atoms with van der Waals surface area (Å²) in [6.07, 6.45) is 4.82. The molecule has 122 valence electrons. The van der Waals surface area contributed by atoms with Gasteiger partial charge in [-0.3, -0.25) is 9.69 Å². The van der Waals surface area contributed by atoms with Crippen LogP contribution >= 0.6 is 0 Å². The Labute approximate surface area is 128 Å². The van der Waals surface area contributed by atoms with Gasteiger partial charge in [0, 0.05) is 31.7 Å². The van der Waals surface area contributed by atoms with Gasteiger partial charge in [-0.25, -0.2) is 0 Å². The second kappa shape index (κ2) is 7.07. The zero-order valence-corrected chi connectivity index (χ0v) is 13.8. The van der Waals surface area contributed by atoms with Crippen LogP contribution in [0.4, 0.5) is 0 Å². The summed E-state index contributed by atoms with van der Waals surface area (Å²) in [6, 6.07) is 1.02. The van der Waals surface area contributed by atoms with Gasteiger partial charge in [-0.15, -0.1) is 0 Å². The van der Waals surface area contributed by atoms with Crippen molar-refractivity contribution in [2.75, 3.05) is 33.2 Å². The summed E-state index contributed by atoms with van der Waals surface area (Å²) in [5.74, 6) is -0.671. The number of nitrogens with one attached hydrogen (secondary N) is 1. The van der Waals surface area contributed by atoms with Crippen molar-refractivity contribution in [3.63, 3.8) is 0 Å². The second-order valence-corrected chi connectivity index (χ2v) is 6.71. The molecule has 21 heavy (non-hydrogen) atoms. The number of likely N-dealkylation sites (N-methyl/N-ethyl adjacent to an activating group) is 2. The highest BCUT2D eigenvalue weighted by molar-refractivity contribution is 5.79. The first kappa shape index (κ1) is 16.7. The summed E-state index contributed by atoms with van der Waals surface area (Å²) in [6.45, 7) is 8.21. The van der Waals surface area contributed by atoms with Gasteiger partial charge in [-0.2, -0.15) is 0 Å². The third-order valence-corrected chi connectivity index (χ3v) is 5.45. The van der Waals surface area contributed by atoms with Crippen LogP contribution in [-0.2, 0) is 4.79 Å². The number of aliphatic carboxylic acids is 1. The Hall–Kier alpha value is -0.650. The van der Waals surface area contributed by atoms with Crippen molar-refractivity contribution in [2.24, 2.45) is 0 Å². The van der Waals surface area contributed by atoms with Crippen molar-refractivity contribution >= 4 is 5.97 Å². The summed E-state index contributed by atoms with van der Waals surface area (Å²) in [5.41, 5.74) is -0.706. The van der Waals surface area contributed by atoms with E-state index in [1.807, 2.05) is 6.92 Å². The molecular formula is C16H31N3O2. The third kappa shape index (κ3) is 3.58. The first-order valence-electron chi connectivity index (χ1n) is 8.45. The van der Waals surface area contributed by atoms with Gasteiger partial charge in [0.25, 0.3) is 0 Å². The Morgan fingerprint density at radius 1 is 1.38 bits per heavy atom. The molecule has 3 atom stereocenters. The highest BCUT2D eigenvalue weighted by Crippen LogP contribution is 2.32. The monoisotopic (exact) mass is 297 g/mol. The minimum absolute atomic E-state index is 0.414. The summed E-state index contributed by atoms with van der Waals surface area (Å²) < 4.78 is 0. The standard InChI is InChI=1S/C16H31N3O2/c1-4-13-12-19(10-9-18(13)3)14-7-6-8-16(11-14,15(20)21)17-5-2/h13-14,17H,4-12H2,1-3H3,(H,20,21). The number of nitrogens with zero attached hydrogens (tertiary/aromatic N) is 2. The van der Waals surface area contributed by atoms with Crippen LogP contribution < -0.4 is 5.32 Å². The van der Waals surface area contributed by atoms with Crippen molar-refractivity contribution in [2.45, 2.75) is 63.6 Å². The first-order valence-corrected chi connectivity index (χ1v) is 8.45. The van der Waals surface area contributed by atoms with Gasteiger partial charge in [0.15, 0.2) is 0 Å². The Morgan fingerprint density at radius 2 is 2.14 bits per heavy atom. The van der Waals surface area contributed by atoms with Gasteiger partial charge in [-0.05, 0) is 45.7 Å². The number of piperazine rings is 1. The maximum absolute atomic E-state index is 11.8. The van der Waals surface area contributed by atoms with E-state index >= 15 is 0 Å². The number of carboxylic acids is 1. The van der Waals surface area contributed by atoms with Gasteiger partial charge in [0.1, 0.15) is 5.54 Å². The fraction of sp³-hybridized carbons (Fsp3) is 0.938. The molecule has 2 N–H and O–H groups in total.